The Labute approximate surface area is 99.1 Å². The highest BCUT2D eigenvalue weighted by molar-refractivity contribution is 9.10. The predicted molar refractivity (Wildman–Crippen MR) is 63.9 cm³/mol. The smallest absolute Gasteiger partial charge is 0.152 e. The molecule has 0 aliphatic carbocycles. The van der Waals surface area contributed by atoms with Crippen molar-refractivity contribution in [3.63, 3.8) is 0 Å². The molecule has 0 unspecified atom stereocenters. The van der Waals surface area contributed by atoms with Crippen LogP contribution in [0.25, 0.3) is 10.9 Å². The number of nitrogens with two attached hydrogens (primary N) is 1. The van der Waals surface area contributed by atoms with Crippen molar-refractivity contribution in [2.45, 2.75) is 0 Å². The topological polar surface area (TPSA) is 38.9 Å². The monoisotopic (exact) mass is 290 g/mol. The van der Waals surface area contributed by atoms with Crippen molar-refractivity contribution < 1.29 is 0 Å². The van der Waals surface area contributed by atoms with E-state index in [1.54, 1.807) is 12.1 Å². The van der Waals surface area contributed by atoms with Gasteiger partial charge in [-0.25, -0.2) is 4.98 Å². The second kappa shape index (κ2) is 3.57. The summed E-state index contributed by atoms with van der Waals surface area (Å²) < 4.78 is 0.888. The average molecular weight is 292 g/mol. The van der Waals surface area contributed by atoms with E-state index in [9.17, 15) is 0 Å². The number of anilines is 1. The van der Waals surface area contributed by atoms with Gasteiger partial charge in [0.2, 0.25) is 0 Å². The first-order valence-electron chi connectivity index (χ1n) is 3.78. The molecule has 1 aromatic heterocycles. The fraction of sp³-hybridized carbons (Fsp3) is 0. The highest BCUT2D eigenvalue weighted by atomic mass is 79.9. The first-order valence-corrected chi connectivity index (χ1v) is 5.33. The van der Waals surface area contributed by atoms with Crippen molar-refractivity contribution in [3.8, 4) is 0 Å². The highest BCUT2D eigenvalue weighted by Gasteiger charge is 2.06. The van der Waals surface area contributed by atoms with E-state index in [4.69, 9.17) is 28.9 Å². The minimum atomic E-state index is 0.279. The molecule has 1 heterocycles. The quantitative estimate of drug-likeness (QED) is 0.748. The van der Waals surface area contributed by atoms with Crippen LogP contribution in [-0.2, 0) is 0 Å². The third-order valence-electron chi connectivity index (χ3n) is 1.82. The van der Waals surface area contributed by atoms with Crippen LogP contribution in [0.15, 0.2) is 22.7 Å². The van der Waals surface area contributed by atoms with Crippen LogP contribution in [0.3, 0.4) is 0 Å². The number of hydrogen-bond acceptors (Lipinski definition) is 2. The summed E-state index contributed by atoms with van der Waals surface area (Å²) in [5, 5.41) is 1.70. The van der Waals surface area contributed by atoms with Crippen LogP contribution < -0.4 is 5.73 Å². The van der Waals surface area contributed by atoms with Crippen molar-refractivity contribution in [1.82, 2.24) is 4.98 Å². The zero-order valence-corrected chi connectivity index (χ0v) is 9.99. The van der Waals surface area contributed by atoms with E-state index in [-0.39, 0.29) is 5.15 Å². The van der Waals surface area contributed by atoms with Crippen LogP contribution in [-0.4, -0.2) is 4.98 Å². The Morgan fingerprint density at radius 3 is 2.64 bits per heavy atom. The van der Waals surface area contributed by atoms with Gasteiger partial charge in [-0.2, -0.15) is 0 Å². The number of rotatable bonds is 0. The zero-order valence-electron chi connectivity index (χ0n) is 6.89. The van der Waals surface area contributed by atoms with Crippen molar-refractivity contribution in [2.24, 2.45) is 0 Å². The van der Waals surface area contributed by atoms with E-state index in [0.717, 1.165) is 9.86 Å². The van der Waals surface area contributed by atoms with Gasteiger partial charge in [-0.15, -0.1) is 0 Å². The normalized spacial score (nSPS) is 10.8. The molecule has 0 amide bonds. The molecule has 0 spiro atoms. The van der Waals surface area contributed by atoms with Crippen molar-refractivity contribution >= 4 is 55.7 Å². The molecular weight excluding hydrogens is 287 g/mol. The third-order valence-corrected chi connectivity index (χ3v) is 2.87. The van der Waals surface area contributed by atoms with E-state index in [2.05, 4.69) is 20.9 Å². The largest absolute Gasteiger partial charge is 0.396 e. The summed E-state index contributed by atoms with van der Waals surface area (Å²) in [5.74, 6) is 0. The van der Waals surface area contributed by atoms with Gasteiger partial charge >= 0.3 is 0 Å². The van der Waals surface area contributed by atoms with Crippen LogP contribution in [0.5, 0.6) is 0 Å². The van der Waals surface area contributed by atoms with E-state index >= 15 is 0 Å². The first-order chi connectivity index (χ1) is 6.58. The minimum absolute atomic E-state index is 0.279. The lowest BCUT2D eigenvalue weighted by Crippen LogP contribution is -1.90. The van der Waals surface area contributed by atoms with Gasteiger partial charge in [0.15, 0.2) is 5.15 Å². The minimum Gasteiger partial charge on any atom is -0.396 e. The lowest BCUT2D eigenvalue weighted by molar-refractivity contribution is 1.41. The number of halogens is 3. The molecular formula is C9H5BrCl2N2. The Bertz CT molecular complexity index is 514. The number of benzene rings is 1. The molecule has 0 atom stereocenters. The molecule has 0 saturated heterocycles. The summed E-state index contributed by atoms with van der Waals surface area (Å²) >= 11 is 15.1. The summed E-state index contributed by atoms with van der Waals surface area (Å²) in [5.41, 5.74) is 6.75. The van der Waals surface area contributed by atoms with E-state index in [0.29, 0.717) is 16.2 Å². The van der Waals surface area contributed by atoms with E-state index in [1.165, 1.54) is 0 Å². The van der Waals surface area contributed by atoms with E-state index in [1.807, 2.05) is 6.07 Å². The SMILES string of the molecule is Nc1cc2cc(Br)cc(Cl)c2nc1Cl. The van der Waals surface area contributed by atoms with Crippen LogP contribution in [0.2, 0.25) is 10.2 Å². The Kier molecular flexibility index (Phi) is 2.56. The molecule has 2 rings (SSSR count). The fourth-order valence-electron chi connectivity index (χ4n) is 1.20. The summed E-state index contributed by atoms with van der Waals surface area (Å²) in [7, 11) is 0. The zero-order chi connectivity index (χ0) is 10.3. The first kappa shape index (κ1) is 10.0. The average Bonchev–Trinajstić information content (AvgIpc) is 2.08. The van der Waals surface area contributed by atoms with Gasteiger partial charge in [0.1, 0.15) is 0 Å². The summed E-state index contributed by atoms with van der Waals surface area (Å²) in [6.45, 7) is 0. The summed E-state index contributed by atoms with van der Waals surface area (Å²) in [4.78, 5) is 4.10. The lowest BCUT2D eigenvalue weighted by atomic mass is 10.2. The molecule has 5 heteroatoms. The van der Waals surface area contributed by atoms with Gasteiger partial charge in [-0.3, -0.25) is 0 Å². The fourth-order valence-corrected chi connectivity index (χ4v) is 2.22. The Balaban J connectivity index is 2.89. The number of nitrogen functional groups attached to an aromatic ring is 1. The molecule has 14 heavy (non-hydrogen) atoms. The maximum atomic E-state index is 5.99. The van der Waals surface area contributed by atoms with E-state index < -0.39 is 0 Å². The van der Waals surface area contributed by atoms with Gasteiger partial charge in [0, 0.05) is 9.86 Å². The molecule has 0 radical (unpaired) electrons. The number of hydrogen-bond donors (Lipinski definition) is 1. The second-order valence-corrected chi connectivity index (χ2v) is 4.51. The molecule has 0 saturated carbocycles. The number of fused-ring (bicyclic) bond motifs is 1. The van der Waals surface area contributed by atoms with Crippen molar-refractivity contribution in [1.29, 1.82) is 0 Å². The van der Waals surface area contributed by atoms with Gasteiger partial charge in [0.25, 0.3) is 0 Å². The molecule has 0 bridgehead atoms. The summed E-state index contributed by atoms with van der Waals surface area (Å²) in [6, 6.07) is 5.41. The Hall–Kier alpha value is -0.510. The molecule has 1 aromatic carbocycles. The lowest BCUT2D eigenvalue weighted by Gasteiger charge is -2.03. The predicted octanol–water partition coefficient (Wildman–Crippen LogP) is 3.89. The maximum absolute atomic E-state index is 5.99. The molecule has 0 fully saturated rings. The third kappa shape index (κ3) is 1.67. The molecule has 0 aliphatic heterocycles. The van der Waals surface area contributed by atoms with Crippen molar-refractivity contribution in [2.75, 3.05) is 5.73 Å². The Morgan fingerprint density at radius 1 is 1.21 bits per heavy atom. The standard InChI is InChI=1S/C9H5BrCl2N2/c10-5-1-4-2-7(13)9(12)14-8(4)6(11)3-5/h1-3H,13H2. The molecule has 2 nitrogen and oxygen atoms in total. The van der Waals surface area contributed by atoms with Gasteiger partial charge in [0.05, 0.1) is 16.2 Å². The van der Waals surface area contributed by atoms with Crippen LogP contribution in [0, 0.1) is 0 Å². The molecule has 2 aromatic rings. The van der Waals surface area contributed by atoms with Gasteiger partial charge in [-0.05, 0) is 18.2 Å². The summed E-state index contributed by atoms with van der Waals surface area (Å²) in [6.07, 6.45) is 0. The molecule has 72 valence electrons. The van der Waals surface area contributed by atoms with Gasteiger partial charge < -0.3 is 5.73 Å². The van der Waals surface area contributed by atoms with Gasteiger partial charge in [-0.1, -0.05) is 39.1 Å². The molecule has 0 aliphatic rings. The second-order valence-electron chi connectivity index (χ2n) is 2.83. The number of pyridine rings is 1. The van der Waals surface area contributed by atoms with Crippen LogP contribution in [0.4, 0.5) is 5.69 Å². The van der Waals surface area contributed by atoms with Crippen LogP contribution >= 0.6 is 39.1 Å². The maximum Gasteiger partial charge on any atom is 0.152 e. The number of aromatic nitrogens is 1. The number of nitrogens with zero attached hydrogens (tertiary/aromatic N) is 1. The Morgan fingerprint density at radius 2 is 1.93 bits per heavy atom. The van der Waals surface area contributed by atoms with Crippen LogP contribution in [0.1, 0.15) is 0 Å². The highest BCUT2D eigenvalue weighted by Crippen LogP contribution is 2.30. The molecule has 2 N–H and O–H groups in total. The van der Waals surface area contributed by atoms with Crippen molar-refractivity contribution in [3.05, 3.63) is 32.8 Å².